The highest BCUT2D eigenvalue weighted by Gasteiger charge is 2.33. The van der Waals surface area contributed by atoms with E-state index in [-0.39, 0.29) is 11.5 Å². The number of sulfonamides is 1. The maximum Gasteiger partial charge on any atom is 0.240 e. The molecule has 0 bridgehead atoms. The molecule has 118 valence electrons. The van der Waals surface area contributed by atoms with Crippen LogP contribution in [0.2, 0.25) is 0 Å². The number of nitrogens with two attached hydrogens (primary N) is 1. The molecule has 1 saturated carbocycles. The van der Waals surface area contributed by atoms with Crippen molar-refractivity contribution in [2.45, 2.75) is 43.0 Å². The molecule has 6 nitrogen and oxygen atoms in total. The smallest absolute Gasteiger partial charge is 0.240 e. The van der Waals surface area contributed by atoms with Crippen molar-refractivity contribution in [3.05, 3.63) is 18.2 Å². The molecule has 0 heterocycles. The third-order valence-electron chi connectivity index (χ3n) is 3.93. The Hall–Kier alpha value is -1.31. The van der Waals surface area contributed by atoms with Crippen LogP contribution in [0.25, 0.3) is 0 Å². The summed E-state index contributed by atoms with van der Waals surface area (Å²) in [6.45, 7) is 2.07. The summed E-state index contributed by atoms with van der Waals surface area (Å²) in [5.41, 5.74) is 6.58. The molecule has 21 heavy (non-hydrogen) atoms. The second kappa shape index (κ2) is 6.21. The van der Waals surface area contributed by atoms with E-state index < -0.39 is 15.6 Å². The fourth-order valence-corrected chi connectivity index (χ4v) is 3.81. The summed E-state index contributed by atoms with van der Waals surface area (Å²) < 4.78 is 26.6. The Bertz CT molecular complexity index is 595. The first kappa shape index (κ1) is 16.1. The average Bonchev–Trinajstić information content (AvgIpc) is 2.90. The van der Waals surface area contributed by atoms with Crippen LogP contribution in [0.1, 0.15) is 32.6 Å². The van der Waals surface area contributed by atoms with E-state index in [0.29, 0.717) is 17.9 Å². The summed E-state index contributed by atoms with van der Waals surface area (Å²) in [4.78, 5) is 0.173. The molecule has 1 fully saturated rings. The number of benzene rings is 1. The highest BCUT2D eigenvalue weighted by Crippen LogP contribution is 2.35. The minimum atomic E-state index is -3.52. The second-order valence-corrected chi connectivity index (χ2v) is 7.29. The lowest BCUT2D eigenvalue weighted by Crippen LogP contribution is -2.39. The van der Waals surface area contributed by atoms with Gasteiger partial charge in [-0.3, -0.25) is 0 Å². The molecule has 0 radical (unpaired) electrons. The number of rotatable bonds is 6. The minimum absolute atomic E-state index is 0.0105. The first-order valence-electron chi connectivity index (χ1n) is 7.21. The zero-order chi connectivity index (χ0) is 15.5. The molecule has 0 aromatic heterocycles. The SMILES string of the molecule is CCNS(=O)(=O)c1ccc(N)c(NC2(CO)CCCC2)c1. The maximum absolute atomic E-state index is 12.1. The van der Waals surface area contributed by atoms with Crippen molar-refractivity contribution in [2.75, 3.05) is 24.2 Å². The van der Waals surface area contributed by atoms with Gasteiger partial charge in [0.05, 0.1) is 28.4 Å². The van der Waals surface area contributed by atoms with Gasteiger partial charge in [-0.2, -0.15) is 0 Å². The lowest BCUT2D eigenvalue weighted by Gasteiger charge is -2.30. The fourth-order valence-electron chi connectivity index (χ4n) is 2.74. The highest BCUT2D eigenvalue weighted by atomic mass is 32.2. The fraction of sp³-hybridized carbons (Fsp3) is 0.571. The van der Waals surface area contributed by atoms with E-state index >= 15 is 0 Å². The molecule has 1 aliphatic carbocycles. The van der Waals surface area contributed by atoms with E-state index in [4.69, 9.17) is 5.73 Å². The summed E-state index contributed by atoms with van der Waals surface area (Å²) in [6.07, 6.45) is 3.80. The summed E-state index contributed by atoms with van der Waals surface area (Å²) >= 11 is 0. The molecule has 2 rings (SSSR count). The molecule has 0 saturated heterocycles. The molecule has 0 atom stereocenters. The highest BCUT2D eigenvalue weighted by molar-refractivity contribution is 7.89. The van der Waals surface area contributed by atoms with Crippen molar-refractivity contribution in [3.63, 3.8) is 0 Å². The first-order valence-corrected chi connectivity index (χ1v) is 8.69. The largest absolute Gasteiger partial charge is 0.397 e. The van der Waals surface area contributed by atoms with Crippen molar-refractivity contribution in [1.29, 1.82) is 0 Å². The molecule has 1 aromatic carbocycles. The first-order chi connectivity index (χ1) is 9.92. The van der Waals surface area contributed by atoms with Crippen LogP contribution in [0.3, 0.4) is 0 Å². The van der Waals surface area contributed by atoms with Crippen molar-refractivity contribution in [2.24, 2.45) is 0 Å². The molecule has 1 aromatic rings. The van der Waals surface area contributed by atoms with E-state index in [1.165, 1.54) is 12.1 Å². The third kappa shape index (κ3) is 3.48. The van der Waals surface area contributed by atoms with Crippen LogP contribution >= 0.6 is 0 Å². The van der Waals surface area contributed by atoms with Crippen molar-refractivity contribution < 1.29 is 13.5 Å². The van der Waals surface area contributed by atoms with Gasteiger partial charge in [-0.15, -0.1) is 0 Å². The van der Waals surface area contributed by atoms with Crippen LogP contribution in [0, 0.1) is 0 Å². The van der Waals surface area contributed by atoms with E-state index in [1.807, 2.05) is 0 Å². The summed E-state index contributed by atoms with van der Waals surface area (Å²) in [7, 11) is -3.52. The van der Waals surface area contributed by atoms with E-state index in [9.17, 15) is 13.5 Å². The number of hydrogen-bond donors (Lipinski definition) is 4. The molecule has 1 aliphatic rings. The summed E-state index contributed by atoms with van der Waals surface area (Å²) in [5.74, 6) is 0. The normalized spacial score (nSPS) is 17.8. The molecule has 0 amide bonds. The van der Waals surface area contributed by atoms with Crippen LogP contribution in [0.15, 0.2) is 23.1 Å². The molecule has 0 aliphatic heterocycles. The number of anilines is 2. The van der Waals surface area contributed by atoms with Gasteiger partial charge in [-0.25, -0.2) is 13.1 Å². The van der Waals surface area contributed by atoms with Crippen molar-refractivity contribution in [3.8, 4) is 0 Å². The zero-order valence-corrected chi connectivity index (χ0v) is 13.0. The van der Waals surface area contributed by atoms with Crippen LogP contribution < -0.4 is 15.8 Å². The van der Waals surface area contributed by atoms with Gasteiger partial charge in [0.25, 0.3) is 0 Å². The Balaban J connectivity index is 2.32. The van der Waals surface area contributed by atoms with Gasteiger partial charge in [0.2, 0.25) is 10.0 Å². The lowest BCUT2D eigenvalue weighted by molar-refractivity contribution is 0.214. The van der Waals surface area contributed by atoms with Crippen LogP contribution in [-0.2, 0) is 10.0 Å². The Labute approximate surface area is 125 Å². The minimum Gasteiger partial charge on any atom is -0.397 e. The number of nitrogen functional groups attached to an aromatic ring is 1. The topological polar surface area (TPSA) is 104 Å². The van der Waals surface area contributed by atoms with Crippen LogP contribution in [0.5, 0.6) is 0 Å². The summed E-state index contributed by atoms with van der Waals surface area (Å²) in [5, 5.41) is 12.9. The second-order valence-electron chi connectivity index (χ2n) is 5.52. The van der Waals surface area contributed by atoms with Crippen molar-refractivity contribution >= 4 is 21.4 Å². The Morgan fingerprint density at radius 1 is 1.33 bits per heavy atom. The van der Waals surface area contributed by atoms with Gasteiger partial charge >= 0.3 is 0 Å². The number of aliphatic hydroxyl groups excluding tert-OH is 1. The van der Waals surface area contributed by atoms with Gasteiger partial charge in [0, 0.05) is 6.54 Å². The predicted octanol–water partition coefficient (Wildman–Crippen LogP) is 1.28. The van der Waals surface area contributed by atoms with Gasteiger partial charge in [0.15, 0.2) is 0 Å². The molecule has 7 heteroatoms. The Morgan fingerprint density at radius 3 is 2.57 bits per heavy atom. The van der Waals surface area contributed by atoms with Gasteiger partial charge in [-0.05, 0) is 31.0 Å². The predicted molar refractivity (Wildman–Crippen MR) is 83.6 cm³/mol. The van der Waals surface area contributed by atoms with E-state index in [0.717, 1.165) is 25.7 Å². The van der Waals surface area contributed by atoms with Crippen LogP contribution in [0.4, 0.5) is 11.4 Å². The van der Waals surface area contributed by atoms with Crippen LogP contribution in [-0.4, -0.2) is 32.2 Å². The Morgan fingerprint density at radius 2 is 2.00 bits per heavy atom. The van der Waals surface area contributed by atoms with E-state index in [2.05, 4.69) is 10.0 Å². The van der Waals surface area contributed by atoms with Gasteiger partial charge in [0.1, 0.15) is 0 Å². The van der Waals surface area contributed by atoms with Gasteiger partial charge < -0.3 is 16.2 Å². The number of hydrogen-bond acceptors (Lipinski definition) is 5. The molecular formula is C14H23N3O3S. The molecule has 5 N–H and O–H groups in total. The quantitative estimate of drug-likeness (QED) is 0.592. The maximum atomic E-state index is 12.1. The van der Waals surface area contributed by atoms with Crippen molar-refractivity contribution in [1.82, 2.24) is 4.72 Å². The summed E-state index contributed by atoms with van der Waals surface area (Å²) in [6, 6.07) is 4.59. The van der Waals surface area contributed by atoms with Gasteiger partial charge in [-0.1, -0.05) is 19.8 Å². The standard InChI is InChI=1S/C14H23N3O3S/c1-2-16-21(19,20)11-5-6-12(15)13(9-11)17-14(10-18)7-3-4-8-14/h5-6,9,16-18H,2-4,7-8,10,15H2,1H3. The third-order valence-corrected chi connectivity index (χ3v) is 5.48. The average molecular weight is 313 g/mol. The number of aliphatic hydroxyl groups is 1. The Kier molecular flexibility index (Phi) is 4.75. The number of nitrogens with one attached hydrogen (secondary N) is 2. The molecule has 0 spiro atoms. The monoisotopic (exact) mass is 313 g/mol. The van der Waals surface area contributed by atoms with E-state index in [1.54, 1.807) is 13.0 Å². The zero-order valence-electron chi connectivity index (χ0n) is 12.2. The molecule has 0 unspecified atom stereocenters. The lowest BCUT2D eigenvalue weighted by atomic mass is 9.98. The molecular weight excluding hydrogens is 290 g/mol.